The number of aryl methyl sites for hydroxylation is 1. The lowest BCUT2D eigenvalue weighted by atomic mass is 10.1. The summed E-state index contributed by atoms with van der Waals surface area (Å²) in [5.74, 6) is -0.167. The van der Waals surface area contributed by atoms with Crippen LogP contribution in [0.2, 0.25) is 0 Å². The molecule has 3 nitrogen and oxygen atoms in total. The Balaban J connectivity index is 2.03. The van der Waals surface area contributed by atoms with Gasteiger partial charge in [-0.3, -0.25) is 4.79 Å². The van der Waals surface area contributed by atoms with Gasteiger partial charge in [-0.25, -0.2) is 4.98 Å². The van der Waals surface area contributed by atoms with E-state index in [1.54, 1.807) is 18.2 Å². The fourth-order valence-electron chi connectivity index (χ4n) is 1.61. The second-order valence-corrected chi connectivity index (χ2v) is 4.77. The molecule has 1 aromatic heterocycles. The number of nitrogens with one attached hydrogen (secondary N) is 1. The third-order valence-electron chi connectivity index (χ3n) is 2.65. The first kappa shape index (κ1) is 12.8. The van der Waals surface area contributed by atoms with Crippen molar-refractivity contribution in [3.8, 4) is 0 Å². The highest BCUT2D eigenvalue weighted by Crippen LogP contribution is 2.08. The van der Waals surface area contributed by atoms with Gasteiger partial charge in [0.1, 0.15) is 10.3 Å². The van der Waals surface area contributed by atoms with Crippen molar-refractivity contribution in [1.82, 2.24) is 10.3 Å². The van der Waals surface area contributed by atoms with Gasteiger partial charge in [-0.2, -0.15) is 0 Å². The van der Waals surface area contributed by atoms with Crippen molar-refractivity contribution in [2.24, 2.45) is 0 Å². The first-order chi connectivity index (χ1) is 8.66. The lowest BCUT2D eigenvalue weighted by molar-refractivity contribution is 0.0945. The van der Waals surface area contributed by atoms with E-state index in [2.05, 4.69) is 26.2 Å². The van der Waals surface area contributed by atoms with E-state index in [4.69, 9.17) is 0 Å². The van der Waals surface area contributed by atoms with Crippen LogP contribution in [0.4, 0.5) is 0 Å². The van der Waals surface area contributed by atoms with Gasteiger partial charge in [0.15, 0.2) is 0 Å². The number of hydrogen-bond acceptors (Lipinski definition) is 2. The maximum atomic E-state index is 11.9. The monoisotopic (exact) mass is 304 g/mol. The molecular formula is C14H13BrN2O. The largest absolute Gasteiger partial charge is 0.347 e. The van der Waals surface area contributed by atoms with Crippen LogP contribution in [0.3, 0.4) is 0 Å². The molecule has 1 N–H and O–H groups in total. The summed E-state index contributed by atoms with van der Waals surface area (Å²) < 4.78 is 0.658. The van der Waals surface area contributed by atoms with Gasteiger partial charge < -0.3 is 5.32 Å². The maximum absolute atomic E-state index is 11.9. The van der Waals surface area contributed by atoms with Crippen LogP contribution >= 0.6 is 15.9 Å². The van der Waals surface area contributed by atoms with Gasteiger partial charge in [0.25, 0.3) is 5.91 Å². The summed E-state index contributed by atoms with van der Waals surface area (Å²) in [5.41, 5.74) is 2.69. The summed E-state index contributed by atoms with van der Waals surface area (Å²) in [6, 6.07) is 13.3. The van der Waals surface area contributed by atoms with Crippen molar-refractivity contribution in [3.63, 3.8) is 0 Å². The zero-order valence-corrected chi connectivity index (χ0v) is 11.6. The number of pyridine rings is 1. The smallest absolute Gasteiger partial charge is 0.270 e. The predicted octanol–water partition coefficient (Wildman–Crippen LogP) is 3.08. The first-order valence-electron chi connectivity index (χ1n) is 5.62. The third-order valence-corrected chi connectivity index (χ3v) is 3.09. The summed E-state index contributed by atoms with van der Waals surface area (Å²) in [6.07, 6.45) is 0. The number of halogens is 1. The summed E-state index contributed by atoms with van der Waals surface area (Å²) in [6.45, 7) is 2.54. The highest BCUT2D eigenvalue weighted by molar-refractivity contribution is 9.10. The molecule has 1 heterocycles. The topological polar surface area (TPSA) is 42.0 Å². The molecule has 4 heteroatoms. The summed E-state index contributed by atoms with van der Waals surface area (Å²) in [7, 11) is 0. The molecule has 2 aromatic rings. The Hall–Kier alpha value is -1.68. The molecule has 0 radical (unpaired) electrons. The van der Waals surface area contributed by atoms with Gasteiger partial charge in [0.05, 0.1) is 0 Å². The van der Waals surface area contributed by atoms with E-state index < -0.39 is 0 Å². The van der Waals surface area contributed by atoms with Crippen molar-refractivity contribution < 1.29 is 4.79 Å². The van der Waals surface area contributed by atoms with E-state index in [0.717, 1.165) is 5.56 Å². The molecule has 0 unspecified atom stereocenters. The second-order valence-electron chi connectivity index (χ2n) is 3.95. The number of nitrogens with zero attached hydrogens (tertiary/aromatic N) is 1. The highest BCUT2D eigenvalue weighted by atomic mass is 79.9. The molecule has 0 fully saturated rings. The van der Waals surface area contributed by atoms with E-state index in [-0.39, 0.29) is 5.91 Å². The molecule has 1 amide bonds. The minimum Gasteiger partial charge on any atom is -0.347 e. The summed E-state index contributed by atoms with van der Waals surface area (Å²) in [5, 5.41) is 2.86. The molecule has 92 valence electrons. The van der Waals surface area contributed by atoms with Gasteiger partial charge in [0, 0.05) is 6.54 Å². The lowest BCUT2D eigenvalue weighted by Gasteiger charge is -2.07. The highest BCUT2D eigenvalue weighted by Gasteiger charge is 2.07. The van der Waals surface area contributed by atoms with Crippen LogP contribution in [-0.2, 0) is 6.54 Å². The fourth-order valence-corrected chi connectivity index (χ4v) is 1.95. The van der Waals surface area contributed by atoms with Gasteiger partial charge in [-0.15, -0.1) is 0 Å². The van der Waals surface area contributed by atoms with Crippen molar-refractivity contribution in [3.05, 3.63) is 63.9 Å². The van der Waals surface area contributed by atoms with Crippen LogP contribution in [0.1, 0.15) is 21.6 Å². The molecule has 0 aliphatic heterocycles. The van der Waals surface area contributed by atoms with E-state index in [9.17, 15) is 4.79 Å². The average Bonchev–Trinajstić information content (AvgIpc) is 2.37. The number of benzene rings is 1. The molecular weight excluding hydrogens is 292 g/mol. The average molecular weight is 305 g/mol. The molecule has 0 saturated carbocycles. The Morgan fingerprint density at radius 3 is 2.72 bits per heavy atom. The van der Waals surface area contributed by atoms with Gasteiger partial charge in [0.2, 0.25) is 0 Å². The van der Waals surface area contributed by atoms with Crippen LogP contribution in [0, 0.1) is 6.92 Å². The van der Waals surface area contributed by atoms with Crippen LogP contribution < -0.4 is 5.32 Å². The molecule has 0 bridgehead atoms. The Morgan fingerprint density at radius 1 is 1.22 bits per heavy atom. The number of amides is 1. The zero-order chi connectivity index (χ0) is 13.0. The Morgan fingerprint density at radius 2 is 2.00 bits per heavy atom. The summed E-state index contributed by atoms with van der Waals surface area (Å²) >= 11 is 3.25. The third kappa shape index (κ3) is 3.17. The number of hydrogen-bond donors (Lipinski definition) is 1. The Bertz CT molecular complexity index is 569. The maximum Gasteiger partial charge on any atom is 0.270 e. The van der Waals surface area contributed by atoms with Gasteiger partial charge in [-0.05, 0) is 46.1 Å². The van der Waals surface area contributed by atoms with E-state index in [1.807, 2.05) is 31.2 Å². The molecule has 0 spiro atoms. The number of aromatic nitrogens is 1. The molecule has 1 aromatic carbocycles. The van der Waals surface area contributed by atoms with E-state index in [1.165, 1.54) is 5.56 Å². The molecule has 0 aliphatic carbocycles. The lowest BCUT2D eigenvalue weighted by Crippen LogP contribution is -2.24. The van der Waals surface area contributed by atoms with Crippen molar-refractivity contribution >= 4 is 21.8 Å². The normalized spacial score (nSPS) is 10.1. The number of carbonyl (C=O) groups excluding carboxylic acids is 1. The van der Waals surface area contributed by atoms with Gasteiger partial charge >= 0.3 is 0 Å². The predicted molar refractivity (Wildman–Crippen MR) is 74.3 cm³/mol. The number of carbonyl (C=O) groups is 1. The van der Waals surface area contributed by atoms with Crippen molar-refractivity contribution in [1.29, 1.82) is 0 Å². The van der Waals surface area contributed by atoms with Crippen LogP contribution in [0.25, 0.3) is 0 Å². The Kier molecular flexibility index (Phi) is 4.10. The SMILES string of the molecule is Cc1ccccc1CNC(=O)c1cccc(Br)n1. The minimum atomic E-state index is -0.167. The molecule has 2 rings (SSSR count). The summed E-state index contributed by atoms with van der Waals surface area (Å²) in [4.78, 5) is 16.0. The standard InChI is InChI=1S/C14H13BrN2O/c1-10-5-2-3-6-11(10)9-16-14(18)12-7-4-8-13(15)17-12/h2-8H,9H2,1H3,(H,16,18). The van der Waals surface area contributed by atoms with Crippen LogP contribution in [0.15, 0.2) is 47.1 Å². The van der Waals surface area contributed by atoms with E-state index >= 15 is 0 Å². The quantitative estimate of drug-likeness (QED) is 0.886. The molecule has 0 aliphatic rings. The van der Waals surface area contributed by atoms with Crippen molar-refractivity contribution in [2.45, 2.75) is 13.5 Å². The van der Waals surface area contributed by atoms with E-state index in [0.29, 0.717) is 16.8 Å². The zero-order valence-electron chi connectivity index (χ0n) is 9.98. The van der Waals surface area contributed by atoms with Crippen LogP contribution in [0.5, 0.6) is 0 Å². The van der Waals surface area contributed by atoms with Crippen LogP contribution in [-0.4, -0.2) is 10.9 Å². The second kappa shape index (κ2) is 5.78. The fraction of sp³-hybridized carbons (Fsp3) is 0.143. The Labute approximate surface area is 114 Å². The molecule has 18 heavy (non-hydrogen) atoms. The minimum absolute atomic E-state index is 0.167. The van der Waals surface area contributed by atoms with Crippen molar-refractivity contribution in [2.75, 3.05) is 0 Å². The molecule has 0 saturated heterocycles. The van der Waals surface area contributed by atoms with Gasteiger partial charge in [-0.1, -0.05) is 30.3 Å². The first-order valence-corrected chi connectivity index (χ1v) is 6.41. The molecule has 0 atom stereocenters. The number of rotatable bonds is 3.